The summed E-state index contributed by atoms with van der Waals surface area (Å²) in [6.45, 7) is 0. The first kappa shape index (κ1) is 10.4. The molecule has 3 nitrogen and oxygen atoms in total. The lowest BCUT2D eigenvalue weighted by Gasteiger charge is -2.03. The highest BCUT2D eigenvalue weighted by Crippen LogP contribution is 2.19. The predicted molar refractivity (Wildman–Crippen MR) is 70.7 cm³/mol. The predicted octanol–water partition coefficient (Wildman–Crippen LogP) is 2.67. The number of rotatable bonds is 1. The summed E-state index contributed by atoms with van der Waals surface area (Å²) in [7, 11) is 0. The van der Waals surface area contributed by atoms with Gasteiger partial charge in [0.2, 0.25) is 0 Å². The van der Waals surface area contributed by atoms with Gasteiger partial charge >= 0.3 is 0 Å². The molecule has 2 heterocycles. The number of hydrogen-bond acceptors (Lipinski definition) is 3. The van der Waals surface area contributed by atoms with Gasteiger partial charge in [-0.15, -0.1) is 6.42 Å². The third-order valence-corrected chi connectivity index (χ3v) is 2.66. The maximum absolute atomic E-state index is 5.46. The van der Waals surface area contributed by atoms with Gasteiger partial charge < -0.3 is 0 Å². The fourth-order valence-corrected chi connectivity index (χ4v) is 1.79. The number of pyridine rings is 1. The van der Waals surface area contributed by atoms with Crippen molar-refractivity contribution in [1.82, 2.24) is 15.0 Å². The van der Waals surface area contributed by atoms with Crippen LogP contribution in [0.1, 0.15) is 5.56 Å². The van der Waals surface area contributed by atoms with Crippen molar-refractivity contribution in [2.45, 2.75) is 0 Å². The Morgan fingerprint density at radius 3 is 2.78 bits per heavy atom. The standard InChI is InChI=1S/C15H9N3/c1-2-11-7-5-9-16-14(11)15-17-10-12-6-3-4-8-13(12)18-15/h1,3-10H. The fraction of sp³-hybridized carbons (Fsp3) is 0. The summed E-state index contributed by atoms with van der Waals surface area (Å²) >= 11 is 0. The van der Waals surface area contributed by atoms with Crippen molar-refractivity contribution >= 4 is 10.9 Å². The van der Waals surface area contributed by atoms with E-state index in [0.717, 1.165) is 10.9 Å². The number of terminal acetylenes is 1. The Morgan fingerprint density at radius 1 is 1.00 bits per heavy atom. The molecule has 0 unspecified atom stereocenters. The minimum atomic E-state index is 0.558. The first-order valence-corrected chi connectivity index (χ1v) is 5.52. The van der Waals surface area contributed by atoms with Crippen LogP contribution in [0.4, 0.5) is 0 Å². The molecule has 84 valence electrons. The molecule has 18 heavy (non-hydrogen) atoms. The molecule has 0 fully saturated rings. The fourth-order valence-electron chi connectivity index (χ4n) is 1.79. The number of benzene rings is 1. The first-order chi connectivity index (χ1) is 8.88. The van der Waals surface area contributed by atoms with Gasteiger partial charge in [0.15, 0.2) is 5.82 Å². The summed E-state index contributed by atoms with van der Waals surface area (Å²) in [4.78, 5) is 13.1. The van der Waals surface area contributed by atoms with E-state index in [1.165, 1.54) is 0 Å². The number of aromatic nitrogens is 3. The first-order valence-electron chi connectivity index (χ1n) is 5.52. The Kier molecular flexibility index (Phi) is 2.47. The Balaban J connectivity index is 2.23. The Hall–Kier alpha value is -2.73. The van der Waals surface area contributed by atoms with Crippen LogP contribution >= 0.6 is 0 Å². The number of para-hydroxylation sites is 1. The molecule has 0 aliphatic heterocycles. The van der Waals surface area contributed by atoms with E-state index in [4.69, 9.17) is 6.42 Å². The lowest BCUT2D eigenvalue weighted by atomic mass is 10.2. The van der Waals surface area contributed by atoms with Crippen LogP contribution < -0.4 is 0 Å². The van der Waals surface area contributed by atoms with Gasteiger partial charge in [0.25, 0.3) is 0 Å². The zero-order valence-electron chi connectivity index (χ0n) is 9.54. The second kappa shape index (κ2) is 4.27. The summed E-state index contributed by atoms with van der Waals surface area (Å²) in [6.07, 6.45) is 8.93. The molecule has 2 aromatic heterocycles. The zero-order chi connectivity index (χ0) is 12.4. The SMILES string of the molecule is C#Cc1cccnc1-c1ncc2ccccc2n1. The van der Waals surface area contributed by atoms with Crippen molar-refractivity contribution in [3.05, 3.63) is 54.4 Å². The molecule has 0 saturated carbocycles. The molecule has 3 aromatic rings. The third kappa shape index (κ3) is 1.70. The van der Waals surface area contributed by atoms with E-state index in [1.807, 2.05) is 30.3 Å². The third-order valence-electron chi connectivity index (χ3n) is 2.66. The van der Waals surface area contributed by atoms with Crippen molar-refractivity contribution < 1.29 is 0 Å². The van der Waals surface area contributed by atoms with E-state index in [2.05, 4.69) is 20.9 Å². The normalized spacial score (nSPS) is 10.2. The van der Waals surface area contributed by atoms with Gasteiger partial charge in [0.05, 0.1) is 11.1 Å². The van der Waals surface area contributed by atoms with Gasteiger partial charge in [-0.1, -0.05) is 24.1 Å². The number of fused-ring (bicyclic) bond motifs is 1. The lowest BCUT2D eigenvalue weighted by molar-refractivity contribution is 1.17. The van der Waals surface area contributed by atoms with E-state index in [1.54, 1.807) is 18.5 Å². The van der Waals surface area contributed by atoms with Gasteiger partial charge in [-0.2, -0.15) is 0 Å². The molecule has 0 aliphatic carbocycles. The van der Waals surface area contributed by atoms with Crippen molar-refractivity contribution in [2.75, 3.05) is 0 Å². The molecule has 0 saturated heterocycles. The second-order valence-corrected chi connectivity index (χ2v) is 3.80. The summed E-state index contributed by atoms with van der Waals surface area (Å²) in [5.74, 6) is 3.16. The molecular weight excluding hydrogens is 222 g/mol. The van der Waals surface area contributed by atoms with Crippen LogP contribution in [0, 0.1) is 12.3 Å². The van der Waals surface area contributed by atoms with Crippen molar-refractivity contribution in [2.24, 2.45) is 0 Å². The smallest absolute Gasteiger partial charge is 0.180 e. The quantitative estimate of drug-likeness (QED) is 0.604. The lowest BCUT2D eigenvalue weighted by Crippen LogP contribution is -1.94. The maximum Gasteiger partial charge on any atom is 0.180 e. The Labute approximate surface area is 105 Å². The van der Waals surface area contributed by atoms with E-state index in [9.17, 15) is 0 Å². The summed E-state index contributed by atoms with van der Waals surface area (Å²) in [5.41, 5.74) is 2.23. The van der Waals surface area contributed by atoms with E-state index in [-0.39, 0.29) is 0 Å². The van der Waals surface area contributed by atoms with Crippen LogP contribution in [-0.2, 0) is 0 Å². The van der Waals surface area contributed by atoms with E-state index in [0.29, 0.717) is 17.1 Å². The van der Waals surface area contributed by atoms with Gasteiger partial charge in [-0.05, 0) is 18.2 Å². The molecule has 3 rings (SSSR count). The van der Waals surface area contributed by atoms with Crippen LogP contribution in [0.5, 0.6) is 0 Å². The summed E-state index contributed by atoms with van der Waals surface area (Å²) in [5, 5.41) is 0.999. The highest BCUT2D eigenvalue weighted by Gasteiger charge is 2.08. The molecule has 0 amide bonds. The van der Waals surface area contributed by atoms with Crippen molar-refractivity contribution in [1.29, 1.82) is 0 Å². The van der Waals surface area contributed by atoms with Gasteiger partial charge in [-0.25, -0.2) is 9.97 Å². The van der Waals surface area contributed by atoms with Gasteiger partial charge in [0.1, 0.15) is 5.69 Å². The van der Waals surface area contributed by atoms with Crippen molar-refractivity contribution in [3.63, 3.8) is 0 Å². The van der Waals surface area contributed by atoms with E-state index >= 15 is 0 Å². The molecule has 0 radical (unpaired) electrons. The molecular formula is C15H9N3. The molecule has 0 atom stereocenters. The highest BCUT2D eigenvalue weighted by atomic mass is 14.9. The molecule has 0 N–H and O–H groups in total. The largest absolute Gasteiger partial charge is 0.252 e. The number of nitrogens with zero attached hydrogens (tertiary/aromatic N) is 3. The van der Waals surface area contributed by atoms with Crippen LogP contribution in [0.15, 0.2) is 48.8 Å². The topological polar surface area (TPSA) is 38.7 Å². The second-order valence-electron chi connectivity index (χ2n) is 3.80. The van der Waals surface area contributed by atoms with Crippen LogP contribution in [0.3, 0.4) is 0 Å². The summed E-state index contributed by atoms with van der Waals surface area (Å²) < 4.78 is 0. The zero-order valence-corrected chi connectivity index (χ0v) is 9.54. The minimum absolute atomic E-state index is 0.558. The highest BCUT2D eigenvalue weighted by molar-refractivity contribution is 5.79. The van der Waals surface area contributed by atoms with Crippen LogP contribution in [0.25, 0.3) is 22.4 Å². The van der Waals surface area contributed by atoms with Crippen LogP contribution in [-0.4, -0.2) is 15.0 Å². The molecule has 0 bridgehead atoms. The Morgan fingerprint density at radius 2 is 1.89 bits per heavy atom. The molecule has 1 aromatic carbocycles. The van der Waals surface area contributed by atoms with Crippen molar-refractivity contribution in [3.8, 4) is 23.9 Å². The minimum Gasteiger partial charge on any atom is -0.252 e. The van der Waals surface area contributed by atoms with Gasteiger partial charge in [-0.3, -0.25) is 4.98 Å². The summed E-state index contributed by atoms with van der Waals surface area (Å²) in [6, 6.07) is 11.5. The average molecular weight is 231 g/mol. The maximum atomic E-state index is 5.46. The van der Waals surface area contributed by atoms with Crippen LogP contribution in [0.2, 0.25) is 0 Å². The number of hydrogen-bond donors (Lipinski definition) is 0. The molecule has 3 heteroatoms. The van der Waals surface area contributed by atoms with Gasteiger partial charge in [0, 0.05) is 17.8 Å². The Bertz CT molecular complexity index is 757. The average Bonchev–Trinajstić information content (AvgIpc) is 2.46. The monoisotopic (exact) mass is 231 g/mol. The van der Waals surface area contributed by atoms with E-state index < -0.39 is 0 Å². The molecule has 0 aliphatic rings. The molecule has 0 spiro atoms.